The molecule has 2 aromatic rings. The topological polar surface area (TPSA) is 100 Å². The molecule has 7 heteroatoms. The fraction of sp³-hybridized carbons (Fsp3) is 0.565. The van der Waals surface area contributed by atoms with E-state index in [0.717, 1.165) is 47.2 Å². The number of methoxy groups -OCH3 is 1. The SMILES string of the molecule is COc1ccc2c3c([nH]c2c1)[C@H](CC(C)C)N1C(=O)[C@H](CCCCN)NC(=O)[C@@H]1C3. The molecule has 4 rings (SSSR count). The number of carbonyl (C=O) groups excluding carboxylic acids is 2. The molecule has 2 aliphatic heterocycles. The number of ether oxygens (including phenoxy) is 1. The average Bonchev–Trinajstić information content (AvgIpc) is 3.09. The fourth-order valence-corrected chi connectivity index (χ4v) is 4.94. The number of aromatic nitrogens is 1. The van der Waals surface area contributed by atoms with E-state index in [1.54, 1.807) is 7.11 Å². The Morgan fingerprint density at radius 3 is 2.77 bits per heavy atom. The van der Waals surface area contributed by atoms with Gasteiger partial charge in [0.15, 0.2) is 0 Å². The van der Waals surface area contributed by atoms with E-state index in [4.69, 9.17) is 10.5 Å². The first-order valence-electron chi connectivity index (χ1n) is 11.0. The summed E-state index contributed by atoms with van der Waals surface area (Å²) in [6.07, 6.45) is 3.66. The van der Waals surface area contributed by atoms with E-state index < -0.39 is 12.1 Å². The van der Waals surface area contributed by atoms with Crippen LogP contribution in [0.15, 0.2) is 18.2 Å². The lowest BCUT2D eigenvalue weighted by atomic mass is 9.85. The van der Waals surface area contributed by atoms with E-state index in [1.165, 1.54) is 0 Å². The second-order valence-electron chi connectivity index (χ2n) is 8.89. The maximum atomic E-state index is 13.5. The van der Waals surface area contributed by atoms with Gasteiger partial charge in [-0.05, 0) is 55.8 Å². The average molecular weight is 413 g/mol. The van der Waals surface area contributed by atoms with E-state index in [9.17, 15) is 9.59 Å². The molecule has 1 fully saturated rings. The van der Waals surface area contributed by atoms with Crippen LogP contribution in [0.4, 0.5) is 0 Å². The first-order chi connectivity index (χ1) is 14.4. The first-order valence-corrected chi connectivity index (χ1v) is 11.0. The number of unbranched alkanes of at least 4 members (excludes halogenated alkanes) is 1. The standard InChI is InChI=1S/C23H32N4O3/c1-13(2)10-19-21-16(15-8-7-14(30-3)11-18(15)25-21)12-20-22(28)26-17(6-4-5-9-24)23(29)27(19)20/h7-8,11,13,17,19-20,25H,4-6,9-10,12,24H2,1-3H3,(H,26,28)/t17-,19-,20-/m0/s1. The minimum atomic E-state index is -0.458. The zero-order valence-electron chi connectivity index (χ0n) is 18.0. The second kappa shape index (κ2) is 8.30. The highest BCUT2D eigenvalue weighted by Gasteiger charge is 2.48. The quantitative estimate of drug-likeness (QED) is 0.609. The lowest BCUT2D eigenvalue weighted by molar-refractivity contribution is -0.154. The van der Waals surface area contributed by atoms with Crippen LogP contribution in [0.3, 0.4) is 0 Å². The molecule has 2 aliphatic rings. The van der Waals surface area contributed by atoms with Gasteiger partial charge in [0, 0.05) is 29.1 Å². The van der Waals surface area contributed by atoms with Crippen molar-refractivity contribution in [1.82, 2.24) is 15.2 Å². The molecule has 1 aromatic heterocycles. The smallest absolute Gasteiger partial charge is 0.246 e. The highest BCUT2D eigenvalue weighted by atomic mass is 16.5. The number of nitrogens with one attached hydrogen (secondary N) is 2. The van der Waals surface area contributed by atoms with Crippen molar-refractivity contribution in [3.63, 3.8) is 0 Å². The predicted octanol–water partition coefficient (Wildman–Crippen LogP) is 2.64. The number of nitrogens with zero attached hydrogens (tertiary/aromatic N) is 1. The van der Waals surface area contributed by atoms with Gasteiger partial charge in [0.05, 0.1) is 13.2 Å². The van der Waals surface area contributed by atoms with E-state index in [-0.39, 0.29) is 17.9 Å². The minimum absolute atomic E-state index is 0.0316. The van der Waals surface area contributed by atoms with Crippen LogP contribution in [-0.2, 0) is 16.0 Å². The molecule has 0 bridgehead atoms. The Morgan fingerprint density at radius 1 is 1.27 bits per heavy atom. The molecule has 0 unspecified atom stereocenters. The lowest BCUT2D eigenvalue weighted by Crippen LogP contribution is -2.65. The van der Waals surface area contributed by atoms with Crippen LogP contribution in [0.5, 0.6) is 5.75 Å². The summed E-state index contributed by atoms with van der Waals surface area (Å²) < 4.78 is 5.38. The molecular weight excluding hydrogens is 380 g/mol. The van der Waals surface area contributed by atoms with Gasteiger partial charge in [-0.25, -0.2) is 0 Å². The molecule has 162 valence electrons. The van der Waals surface area contributed by atoms with Gasteiger partial charge in [0.2, 0.25) is 11.8 Å². The van der Waals surface area contributed by atoms with Crippen molar-refractivity contribution in [2.75, 3.05) is 13.7 Å². The van der Waals surface area contributed by atoms with Crippen LogP contribution in [0.2, 0.25) is 0 Å². The summed E-state index contributed by atoms with van der Waals surface area (Å²) >= 11 is 0. The molecule has 0 spiro atoms. The van der Waals surface area contributed by atoms with Gasteiger partial charge >= 0.3 is 0 Å². The molecule has 4 N–H and O–H groups in total. The molecule has 0 saturated carbocycles. The summed E-state index contributed by atoms with van der Waals surface area (Å²) in [5, 5.41) is 4.09. The Hall–Kier alpha value is -2.54. The summed E-state index contributed by atoms with van der Waals surface area (Å²) in [6, 6.07) is 4.93. The van der Waals surface area contributed by atoms with E-state index in [1.807, 2.05) is 23.1 Å². The van der Waals surface area contributed by atoms with Gasteiger partial charge in [-0.1, -0.05) is 13.8 Å². The minimum Gasteiger partial charge on any atom is -0.497 e. The molecular formula is C23H32N4O3. The van der Waals surface area contributed by atoms with Crippen LogP contribution in [0, 0.1) is 5.92 Å². The van der Waals surface area contributed by atoms with E-state index >= 15 is 0 Å². The van der Waals surface area contributed by atoms with Crippen molar-refractivity contribution in [1.29, 1.82) is 0 Å². The largest absolute Gasteiger partial charge is 0.497 e. The number of amides is 2. The molecule has 1 saturated heterocycles. The Labute approximate surface area is 177 Å². The third-order valence-electron chi connectivity index (χ3n) is 6.36. The Bertz CT molecular complexity index is 951. The number of nitrogens with two attached hydrogens (primary N) is 1. The maximum Gasteiger partial charge on any atom is 0.246 e. The van der Waals surface area contributed by atoms with Gasteiger partial charge in [-0.3, -0.25) is 9.59 Å². The zero-order chi connectivity index (χ0) is 21.4. The number of piperazine rings is 1. The van der Waals surface area contributed by atoms with Crippen molar-refractivity contribution in [2.24, 2.45) is 11.7 Å². The Morgan fingerprint density at radius 2 is 2.07 bits per heavy atom. The highest BCUT2D eigenvalue weighted by Crippen LogP contribution is 2.42. The van der Waals surface area contributed by atoms with Crippen LogP contribution in [-0.4, -0.2) is 47.4 Å². The number of hydrogen-bond acceptors (Lipinski definition) is 4. The van der Waals surface area contributed by atoms with Crippen molar-refractivity contribution in [3.05, 3.63) is 29.5 Å². The maximum absolute atomic E-state index is 13.5. The molecule has 30 heavy (non-hydrogen) atoms. The fourth-order valence-electron chi connectivity index (χ4n) is 4.94. The van der Waals surface area contributed by atoms with Crippen molar-refractivity contribution in [2.45, 2.75) is 64.1 Å². The Balaban J connectivity index is 1.75. The number of benzene rings is 1. The van der Waals surface area contributed by atoms with Gasteiger partial charge in [0.1, 0.15) is 17.8 Å². The van der Waals surface area contributed by atoms with Crippen molar-refractivity contribution >= 4 is 22.7 Å². The van der Waals surface area contributed by atoms with Crippen molar-refractivity contribution < 1.29 is 14.3 Å². The van der Waals surface area contributed by atoms with Crippen LogP contribution in [0.1, 0.15) is 56.8 Å². The lowest BCUT2D eigenvalue weighted by Gasteiger charge is -2.46. The number of aromatic amines is 1. The number of hydrogen-bond donors (Lipinski definition) is 3. The van der Waals surface area contributed by atoms with Gasteiger partial charge in [-0.2, -0.15) is 0 Å². The summed E-state index contributed by atoms with van der Waals surface area (Å²) in [7, 11) is 1.65. The van der Waals surface area contributed by atoms with Crippen LogP contribution < -0.4 is 15.8 Å². The second-order valence-corrected chi connectivity index (χ2v) is 8.89. The van der Waals surface area contributed by atoms with Gasteiger partial charge in [0.25, 0.3) is 0 Å². The molecule has 2 amide bonds. The summed E-state index contributed by atoms with van der Waals surface area (Å²) in [5.41, 5.74) is 8.80. The molecule has 7 nitrogen and oxygen atoms in total. The molecule has 1 aromatic carbocycles. The molecule has 3 heterocycles. The van der Waals surface area contributed by atoms with Crippen LogP contribution in [0.25, 0.3) is 10.9 Å². The third-order valence-corrected chi connectivity index (χ3v) is 6.36. The monoisotopic (exact) mass is 412 g/mol. The third kappa shape index (κ3) is 3.55. The normalized spacial score (nSPS) is 23.5. The van der Waals surface area contributed by atoms with Gasteiger partial charge in [-0.15, -0.1) is 0 Å². The summed E-state index contributed by atoms with van der Waals surface area (Å²) in [4.78, 5) is 31.9. The van der Waals surface area contributed by atoms with Gasteiger partial charge < -0.3 is 25.7 Å². The first kappa shape index (κ1) is 20.7. The number of fused-ring (bicyclic) bond motifs is 4. The van der Waals surface area contributed by atoms with E-state index in [0.29, 0.717) is 25.3 Å². The van der Waals surface area contributed by atoms with E-state index in [2.05, 4.69) is 24.1 Å². The summed E-state index contributed by atoms with van der Waals surface area (Å²) in [5.74, 6) is 1.16. The number of carbonyl (C=O) groups is 2. The molecule has 0 aliphatic carbocycles. The van der Waals surface area contributed by atoms with Crippen molar-refractivity contribution in [3.8, 4) is 5.75 Å². The van der Waals surface area contributed by atoms with Crippen LogP contribution >= 0.6 is 0 Å². The molecule has 0 radical (unpaired) electrons. The molecule has 3 atom stereocenters. The number of rotatable bonds is 7. The zero-order valence-corrected chi connectivity index (χ0v) is 18.0. The highest BCUT2D eigenvalue weighted by molar-refractivity contribution is 5.99. The Kier molecular flexibility index (Phi) is 5.73. The summed E-state index contributed by atoms with van der Waals surface area (Å²) in [6.45, 7) is 4.91. The predicted molar refractivity (Wildman–Crippen MR) is 116 cm³/mol. The number of H-pyrrole nitrogens is 1.